The lowest BCUT2D eigenvalue weighted by atomic mass is 10.0. The van der Waals surface area contributed by atoms with Crippen LogP contribution in [-0.2, 0) is 19.3 Å². The molecule has 0 radical (unpaired) electrons. The van der Waals surface area contributed by atoms with Crippen LogP contribution in [0, 0.1) is 6.92 Å². The third-order valence-electron chi connectivity index (χ3n) is 5.41. The smallest absolute Gasteiger partial charge is 0.326 e. The zero-order valence-corrected chi connectivity index (χ0v) is 17.2. The van der Waals surface area contributed by atoms with E-state index in [4.69, 9.17) is 5.73 Å². The number of aryl methyl sites for hydroxylation is 1. The standard InChI is InChI=1S/C22H27F3N4O/c1-15-3-4-20(12-18(15)13-26)27-21(30)17-9-16(10-19(11-17)22(23,24)25)14-29-7-5-28(2)6-8-29/h3-4,9-12H,5-8,13-14,26H2,1-2H3,(H,27,30). The van der Waals surface area contributed by atoms with Crippen molar-refractivity contribution in [1.82, 2.24) is 9.80 Å². The molecule has 1 aliphatic heterocycles. The molecule has 0 atom stereocenters. The van der Waals surface area contributed by atoms with Crippen LogP contribution in [-0.4, -0.2) is 48.9 Å². The van der Waals surface area contributed by atoms with Crippen molar-refractivity contribution in [2.45, 2.75) is 26.2 Å². The number of nitrogens with two attached hydrogens (primary N) is 1. The lowest BCUT2D eigenvalue weighted by molar-refractivity contribution is -0.137. The number of likely N-dealkylation sites (N-methyl/N-ethyl adjacent to an activating group) is 1. The second-order valence-electron chi connectivity index (χ2n) is 7.80. The molecule has 1 aliphatic rings. The fraction of sp³-hybridized carbons (Fsp3) is 0.409. The molecule has 0 bridgehead atoms. The van der Waals surface area contributed by atoms with Gasteiger partial charge in [-0.15, -0.1) is 0 Å². The van der Waals surface area contributed by atoms with E-state index in [9.17, 15) is 18.0 Å². The highest BCUT2D eigenvalue weighted by Gasteiger charge is 2.32. The van der Waals surface area contributed by atoms with E-state index in [1.807, 2.05) is 20.0 Å². The minimum Gasteiger partial charge on any atom is -0.326 e. The first kappa shape index (κ1) is 22.3. The third kappa shape index (κ3) is 5.59. The van der Waals surface area contributed by atoms with E-state index in [-0.39, 0.29) is 5.56 Å². The second kappa shape index (κ2) is 9.16. The van der Waals surface area contributed by atoms with Crippen LogP contribution in [0.3, 0.4) is 0 Å². The number of benzene rings is 2. The van der Waals surface area contributed by atoms with Crippen LogP contribution in [0.5, 0.6) is 0 Å². The lowest BCUT2D eigenvalue weighted by Crippen LogP contribution is -2.43. The van der Waals surface area contributed by atoms with Crippen molar-refractivity contribution in [2.75, 3.05) is 38.5 Å². The number of rotatable bonds is 5. The summed E-state index contributed by atoms with van der Waals surface area (Å²) < 4.78 is 40.3. The second-order valence-corrected chi connectivity index (χ2v) is 7.80. The fourth-order valence-electron chi connectivity index (χ4n) is 3.51. The maximum atomic E-state index is 13.4. The molecule has 30 heavy (non-hydrogen) atoms. The van der Waals surface area contributed by atoms with Crippen LogP contribution >= 0.6 is 0 Å². The van der Waals surface area contributed by atoms with E-state index in [0.717, 1.165) is 49.4 Å². The highest BCUT2D eigenvalue weighted by atomic mass is 19.4. The topological polar surface area (TPSA) is 61.6 Å². The number of hydrogen-bond donors (Lipinski definition) is 2. The van der Waals surface area contributed by atoms with Gasteiger partial charge in [0.2, 0.25) is 0 Å². The summed E-state index contributed by atoms with van der Waals surface area (Å²) in [4.78, 5) is 17.0. The predicted octanol–water partition coefficient (Wildman–Crippen LogP) is 3.47. The normalized spacial score (nSPS) is 15.9. The Kier molecular flexibility index (Phi) is 6.80. The Bertz CT molecular complexity index is 906. The molecule has 1 fully saturated rings. The van der Waals surface area contributed by atoms with E-state index in [0.29, 0.717) is 24.3 Å². The van der Waals surface area contributed by atoms with E-state index in [1.54, 1.807) is 18.2 Å². The van der Waals surface area contributed by atoms with Gasteiger partial charge in [0.15, 0.2) is 0 Å². The van der Waals surface area contributed by atoms with Gasteiger partial charge in [-0.3, -0.25) is 9.69 Å². The monoisotopic (exact) mass is 420 g/mol. The first-order valence-electron chi connectivity index (χ1n) is 9.88. The maximum Gasteiger partial charge on any atom is 0.416 e. The molecule has 3 rings (SSSR count). The molecular weight excluding hydrogens is 393 g/mol. The van der Waals surface area contributed by atoms with Gasteiger partial charge in [0, 0.05) is 50.5 Å². The Morgan fingerprint density at radius 2 is 1.80 bits per heavy atom. The van der Waals surface area contributed by atoms with E-state index >= 15 is 0 Å². The van der Waals surface area contributed by atoms with Crippen molar-refractivity contribution in [3.05, 3.63) is 64.2 Å². The van der Waals surface area contributed by atoms with Crippen molar-refractivity contribution in [2.24, 2.45) is 5.73 Å². The first-order valence-corrected chi connectivity index (χ1v) is 9.88. The Morgan fingerprint density at radius 3 is 2.43 bits per heavy atom. The van der Waals surface area contributed by atoms with E-state index < -0.39 is 17.6 Å². The number of amides is 1. The van der Waals surface area contributed by atoms with Gasteiger partial charge in [0.05, 0.1) is 5.56 Å². The number of nitrogens with one attached hydrogen (secondary N) is 1. The number of alkyl halides is 3. The van der Waals surface area contributed by atoms with Crippen LogP contribution < -0.4 is 11.1 Å². The fourth-order valence-corrected chi connectivity index (χ4v) is 3.51. The van der Waals surface area contributed by atoms with Gasteiger partial charge in [-0.2, -0.15) is 13.2 Å². The first-order chi connectivity index (χ1) is 14.2. The van der Waals surface area contributed by atoms with Gasteiger partial charge in [0.25, 0.3) is 5.91 Å². The Morgan fingerprint density at radius 1 is 1.10 bits per heavy atom. The summed E-state index contributed by atoms with van der Waals surface area (Å²) in [5.74, 6) is -0.576. The molecular formula is C22H27F3N4O. The van der Waals surface area contributed by atoms with Crippen molar-refractivity contribution in [3.63, 3.8) is 0 Å². The predicted molar refractivity (Wildman–Crippen MR) is 111 cm³/mol. The maximum absolute atomic E-state index is 13.4. The van der Waals surface area contributed by atoms with Crippen LogP contribution in [0.4, 0.5) is 18.9 Å². The molecule has 1 heterocycles. The molecule has 0 spiro atoms. The summed E-state index contributed by atoms with van der Waals surface area (Å²) in [6.45, 7) is 5.88. The molecule has 1 saturated heterocycles. The van der Waals surface area contributed by atoms with Crippen LogP contribution in [0.1, 0.15) is 32.6 Å². The summed E-state index contributed by atoms with van der Waals surface area (Å²) in [6.07, 6.45) is -4.52. The molecule has 3 N–H and O–H groups in total. The van der Waals surface area contributed by atoms with Gasteiger partial charge in [-0.1, -0.05) is 6.07 Å². The molecule has 0 aliphatic carbocycles. The van der Waals surface area contributed by atoms with Gasteiger partial charge in [-0.05, 0) is 61.0 Å². The van der Waals surface area contributed by atoms with Crippen LogP contribution in [0.2, 0.25) is 0 Å². The SMILES string of the molecule is Cc1ccc(NC(=O)c2cc(CN3CCN(C)CC3)cc(C(F)(F)F)c2)cc1CN. The number of carbonyl (C=O) groups is 1. The highest BCUT2D eigenvalue weighted by Crippen LogP contribution is 2.31. The molecule has 0 saturated carbocycles. The Balaban J connectivity index is 1.84. The molecule has 1 amide bonds. The summed E-state index contributed by atoms with van der Waals surface area (Å²) in [5, 5.41) is 2.69. The summed E-state index contributed by atoms with van der Waals surface area (Å²) in [6, 6.07) is 8.86. The minimum atomic E-state index is -4.52. The number of hydrogen-bond acceptors (Lipinski definition) is 4. The Labute approximate surface area is 174 Å². The van der Waals surface area contributed by atoms with Gasteiger partial charge >= 0.3 is 6.18 Å². The molecule has 8 heteroatoms. The van der Waals surface area contributed by atoms with Gasteiger partial charge in [-0.25, -0.2) is 0 Å². The lowest BCUT2D eigenvalue weighted by Gasteiger charge is -2.32. The molecule has 0 aromatic heterocycles. The average Bonchev–Trinajstić information content (AvgIpc) is 2.70. The van der Waals surface area contributed by atoms with Gasteiger partial charge in [0.1, 0.15) is 0 Å². The molecule has 2 aromatic rings. The Hall–Kier alpha value is -2.42. The quantitative estimate of drug-likeness (QED) is 0.778. The molecule has 5 nitrogen and oxygen atoms in total. The van der Waals surface area contributed by atoms with Crippen molar-refractivity contribution in [1.29, 1.82) is 0 Å². The van der Waals surface area contributed by atoms with Crippen LogP contribution in [0.15, 0.2) is 36.4 Å². The number of piperazine rings is 1. The average molecular weight is 420 g/mol. The molecule has 162 valence electrons. The van der Waals surface area contributed by atoms with Crippen LogP contribution in [0.25, 0.3) is 0 Å². The zero-order valence-electron chi connectivity index (χ0n) is 17.2. The third-order valence-corrected chi connectivity index (χ3v) is 5.41. The summed E-state index contributed by atoms with van der Waals surface area (Å²) >= 11 is 0. The minimum absolute atomic E-state index is 0.0103. The largest absolute Gasteiger partial charge is 0.416 e. The summed E-state index contributed by atoms with van der Waals surface area (Å²) in [5.41, 5.74) is 7.72. The van der Waals surface area contributed by atoms with Crippen molar-refractivity contribution in [3.8, 4) is 0 Å². The number of halogens is 3. The number of nitrogens with zero attached hydrogens (tertiary/aromatic N) is 2. The van der Waals surface area contributed by atoms with Crippen molar-refractivity contribution < 1.29 is 18.0 Å². The zero-order chi connectivity index (χ0) is 21.9. The molecule has 0 unspecified atom stereocenters. The number of carbonyl (C=O) groups excluding carboxylic acids is 1. The van der Waals surface area contributed by atoms with Gasteiger partial charge < -0.3 is 16.0 Å². The highest BCUT2D eigenvalue weighted by molar-refractivity contribution is 6.04. The van der Waals surface area contributed by atoms with E-state index in [2.05, 4.69) is 15.1 Å². The summed E-state index contributed by atoms with van der Waals surface area (Å²) in [7, 11) is 2.02. The van der Waals surface area contributed by atoms with E-state index in [1.165, 1.54) is 0 Å². The molecule has 2 aromatic carbocycles. The van der Waals surface area contributed by atoms with Crippen molar-refractivity contribution >= 4 is 11.6 Å². The number of anilines is 1.